The average Bonchev–Trinajstić information content (AvgIpc) is 3.01. The topological polar surface area (TPSA) is 71.3 Å². The Labute approximate surface area is 93.2 Å². The molecule has 0 saturated heterocycles. The maximum Gasteiger partial charge on any atom is 0.273 e. The van der Waals surface area contributed by atoms with Gasteiger partial charge in [0.05, 0.1) is 5.56 Å². The minimum absolute atomic E-state index is 0.0764. The summed E-state index contributed by atoms with van der Waals surface area (Å²) < 4.78 is 5.23. The van der Waals surface area contributed by atoms with Crippen LogP contribution in [0.15, 0.2) is 10.5 Å². The maximum absolute atomic E-state index is 11.6. The zero-order valence-electron chi connectivity index (χ0n) is 9.29. The van der Waals surface area contributed by atoms with Crippen molar-refractivity contribution in [2.75, 3.05) is 0 Å². The summed E-state index contributed by atoms with van der Waals surface area (Å²) in [6.07, 6.45) is 1.82. The van der Waals surface area contributed by atoms with Gasteiger partial charge >= 0.3 is 0 Å². The SMILES string of the molecule is Cc1cc(C(=O)NNC(=O)C2CC2)c(C)o1. The summed E-state index contributed by atoms with van der Waals surface area (Å²) in [4.78, 5) is 22.9. The van der Waals surface area contributed by atoms with Crippen molar-refractivity contribution in [2.45, 2.75) is 26.7 Å². The van der Waals surface area contributed by atoms with Crippen LogP contribution in [0.3, 0.4) is 0 Å². The first-order chi connectivity index (χ1) is 7.58. The van der Waals surface area contributed by atoms with E-state index in [1.165, 1.54) is 0 Å². The molecule has 1 aliphatic rings. The average molecular weight is 222 g/mol. The van der Waals surface area contributed by atoms with Gasteiger partial charge in [-0.3, -0.25) is 20.4 Å². The monoisotopic (exact) mass is 222 g/mol. The maximum atomic E-state index is 11.6. The van der Waals surface area contributed by atoms with Crippen LogP contribution in [-0.2, 0) is 4.79 Å². The number of hydrogen-bond donors (Lipinski definition) is 2. The molecule has 86 valence electrons. The van der Waals surface area contributed by atoms with E-state index in [9.17, 15) is 9.59 Å². The molecule has 1 aliphatic carbocycles. The number of furan rings is 1. The third-order valence-electron chi connectivity index (χ3n) is 2.53. The Morgan fingerprint density at radius 3 is 2.50 bits per heavy atom. The van der Waals surface area contributed by atoms with Crippen molar-refractivity contribution < 1.29 is 14.0 Å². The fourth-order valence-corrected chi connectivity index (χ4v) is 1.49. The van der Waals surface area contributed by atoms with Crippen LogP contribution in [-0.4, -0.2) is 11.8 Å². The van der Waals surface area contributed by atoms with Crippen LogP contribution < -0.4 is 10.9 Å². The van der Waals surface area contributed by atoms with Crippen molar-refractivity contribution in [1.29, 1.82) is 0 Å². The number of rotatable bonds is 2. The molecule has 1 aromatic heterocycles. The standard InChI is InChI=1S/C11H14N2O3/c1-6-5-9(7(2)16-6)11(15)13-12-10(14)8-3-4-8/h5,8H,3-4H2,1-2H3,(H,12,14)(H,13,15). The van der Waals surface area contributed by atoms with Crippen molar-refractivity contribution in [2.24, 2.45) is 5.92 Å². The minimum Gasteiger partial charge on any atom is -0.466 e. The lowest BCUT2D eigenvalue weighted by Crippen LogP contribution is -2.42. The second kappa shape index (κ2) is 4.00. The van der Waals surface area contributed by atoms with Gasteiger partial charge in [0.15, 0.2) is 0 Å². The summed E-state index contributed by atoms with van der Waals surface area (Å²) in [7, 11) is 0. The van der Waals surface area contributed by atoms with E-state index in [-0.39, 0.29) is 17.7 Å². The van der Waals surface area contributed by atoms with E-state index in [2.05, 4.69) is 10.9 Å². The highest BCUT2D eigenvalue weighted by molar-refractivity contribution is 5.96. The smallest absolute Gasteiger partial charge is 0.273 e. The number of aryl methyl sites for hydroxylation is 2. The molecule has 1 fully saturated rings. The molecular formula is C11H14N2O3. The predicted molar refractivity (Wildman–Crippen MR) is 56.5 cm³/mol. The van der Waals surface area contributed by atoms with Gasteiger partial charge in [0, 0.05) is 5.92 Å². The Hall–Kier alpha value is -1.78. The Balaban J connectivity index is 1.92. The Bertz CT molecular complexity index is 432. The molecule has 5 nitrogen and oxygen atoms in total. The van der Waals surface area contributed by atoms with Crippen LogP contribution in [0.4, 0.5) is 0 Å². The van der Waals surface area contributed by atoms with Gasteiger partial charge in [-0.2, -0.15) is 0 Å². The van der Waals surface area contributed by atoms with E-state index in [0.29, 0.717) is 17.1 Å². The quantitative estimate of drug-likeness (QED) is 0.735. The van der Waals surface area contributed by atoms with E-state index in [1.807, 2.05) is 0 Å². The number of amides is 2. The van der Waals surface area contributed by atoms with Gasteiger partial charge in [0.1, 0.15) is 11.5 Å². The third-order valence-corrected chi connectivity index (χ3v) is 2.53. The fourth-order valence-electron chi connectivity index (χ4n) is 1.49. The molecule has 0 atom stereocenters. The van der Waals surface area contributed by atoms with Gasteiger partial charge < -0.3 is 4.42 Å². The second-order valence-corrected chi connectivity index (χ2v) is 4.04. The molecule has 5 heteroatoms. The van der Waals surface area contributed by atoms with Gasteiger partial charge in [-0.25, -0.2) is 0 Å². The second-order valence-electron chi connectivity index (χ2n) is 4.04. The van der Waals surface area contributed by atoms with Crippen molar-refractivity contribution in [3.8, 4) is 0 Å². The Morgan fingerprint density at radius 2 is 2.00 bits per heavy atom. The highest BCUT2D eigenvalue weighted by Crippen LogP contribution is 2.28. The number of carbonyl (C=O) groups is 2. The number of carbonyl (C=O) groups excluding carboxylic acids is 2. The van der Waals surface area contributed by atoms with Crippen molar-refractivity contribution in [3.63, 3.8) is 0 Å². The molecule has 2 N–H and O–H groups in total. The molecule has 0 unspecified atom stereocenters. The lowest BCUT2D eigenvalue weighted by molar-refractivity contribution is -0.123. The number of hydrazine groups is 1. The van der Waals surface area contributed by atoms with Crippen LogP contribution in [0.25, 0.3) is 0 Å². The van der Waals surface area contributed by atoms with Crippen LogP contribution in [0, 0.1) is 19.8 Å². The van der Waals surface area contributed by atoms with E-state index < -0.39 is 0 Å². The van der Waals surface area contributed by atoms with Crippen molar-refractivity contribution in [3.05, 3.63) is 23.2 Å². The van der Waals surface area contributed by atoms with E-state index in [0.717, 1.165) is 12.8 Å². The Morgan fingerprint density at radius 1 is 1.31 bits per heavy atom. The molecule has 0 radical (unpaired) electrons. The highest BCUT2D eigenvalue weighted by atomic mass is 16.3. The normalized spacial score (nSPS) is 14.6. The number of nitrogens with one attached hydrogen (secondary N) is 2. The molecule has 0 aliphatic heterocycles. The lowest BCUT2D eigenvalue weighted by atomic mass is 10.2. The van der Waals surface area contributed by atoms with E-state index >= 15 is 0 Å². The molecule has 2 amide bonds. The molecule has 16 heavy (non-hydrogen) atoms. The molecule has 0 bridgehead atoms. The van der Waals surface area contributed by atoms with Gasteiger partial charge in [-0.1, -0.05) is 0 Å². The summed E-state index contributed by atoms with van der Waals surface area (Å²) in [5, 5.41) is 0. The lowest BCUT2D eigenvalue weighted by Gasteiger charge is -2.05. The van der Waals surface area contributed by atoms with Crippen LogP contribution >= 0.6 is 0 Å². The highest BCUT2D eigenvalue weighted by Gasteiger charge is 2.29. The van der Waals surface area contributed by atoms with Gasteiger partial charge in [0.25, 0.3) is 5.91 Å². The zero-order valence-corrected chi connectivity index (χ0v) is 9.29. The van der Waals surface area contributed by atoms with Gasteiger partial charge in [-0.05, 0) is 32.8 Å². The first-order valence-electron chi connectivity index (χ1n) is 5.25. The molecular weight excluding hydrogens is 208 g/mol. The summed E-state index contributed by atoms with van der Waals surface area (Å²) >= 11 is 0. The molecule has 0 aromatic carbocycles. The Kier molecular flexibility index (Phi) is 2.68. The molecule has 1 saturated carbocycles. The zero-order chi connectivity index (χ0) is 11.7. The van der Waals surface area contributed by atoms with Crippen molar-refractivity contribution in [1.82, 2.24) is 10.9 Å². The molecule has 1 aromatic rings. The summed E-state index contributed by atoms with van der Waals surface area (Å²) in [5.41, 5.74) is 5.23. The third kappa shape index (κ3) is 2.24. The van der Waals surface area contributed by atoms with Crippen LogP contribution in [0.2, 0.25) is 0 Å². The first kappa shape index (κ1) is 10.7. The van der Waals surface area contributed by atoms with E-state index in [1.54, 1.807) is 19.9 Å². The largest absolute Gasteiger partial charge is 0.466 e. The molecule has 1 heterocycles. The predicted octanol–water partition coefficient (Wildman–Crippen LogP) is 1.07. The fraction of sp³-hybridized carbons (Fsp3) is 0.455. The van der Waals surface area contributed by atoms with Crippen LogP contribution in [0.5, 0.6) is 0 Å². The summed E-state index contributed by atoms with van der Waals surface area (Å²) in [6.45, 7) is 3.48. The van der Waals surface area contributed by atoms with E-state index in [4.69, 9.17) is 4.42 Å². The van der Waals surface area contributed by atoms with Crippen molar-refractivity contribution >= 4 is 11.8 Å². The van der Waals surface area contributed by atoms with Gasteiger partial charge in [-0.15, -0.1) is 0 Å². The van der Waals surface area contributed by atoms with Gasteiger partial charge in [0.2, 0.25) is 5.91 Å². The summed E-state index contributed by atoms with van der Waals surface area (Å²) in [5.74, 6) is 0.842. The van der Waals surface area contributed by atoms with Crippen LogP contribution in [0.1, 0.15) is 34.7 Å². The number of hydrogen-bond acceptors (Lipinski definition) is 3. The molecule has 0 spiro atoms. The first-order valence-corrected chi connectivity index (χ1v) is 5.25. The minimum atomic E-state index is -0.344. The summed E-state index contributed by atoms with van der Waals surface area (Å²) in [6, 6.07) is 1.65. The molecule has 2 rings (SSSR count).